The largest absolute Gasteiger partial charge is 0.465 e. The van der Waals surface area contributed by atoms with Gasteiger partial charge in [0, 0.05) is 5.56 Å². The smallest absolute Gasteiger partial charge is 0.338 e. The molecule has 4 heteroatoms. The van der Waals surface area contributed by atoms with Gasteiger partial charge in [0.05, 0.1) is 17.5 Å². The number of ketones is 1. The molecule has 3 nitrogen and oxygen atoms in total. The lowest BCUT2D eigenvalue weighted by molar-refractivity contribution is 0.0597. The molecule has 1 aromatic carbocycles. The third kappa shape index (κ3) is 2.70. The van der Waals surface area contributed by atoms with E-state index in [9.17, 15) is 9.59 Å². The number of rotatable bonds is 4. The molecule has 1 aromatic rings. The van der Waals surface area contributed by atoms with Gasteiger partial charge in [-0.25, -0.2) is 4.79 Å². The minimum absolute atomic E-state index is 0.0940. The number of carbonyl (C=O) groups is 2. The number of benzene rings is 1. The normalized spacial score (nSPS) is 11.9. The van der Waals surface area contributed by atoms with Crippen LogP contribution in [0.25, 0.3) is 0 Å². The summed E-state index contributed by atoms with van der Waals surface area (Å²) in [6.07, 6.45) is 0.675. The van der Waals surface area contributed by atoms with E-state index in [0.717, 1.165) is 0 Å². The van der Waals surface area contributed by atoms with Crippen LogP contribution in [0.2, 0.25) is 0 Å². The van der Waals surface area contributed by atoms with E-state index in [2.05, 4.69) is 20.7 Å². The molecule has 1 rings (SSSR count). The fraction of sp³-hybridized carbons (Fsp3) is 0.333. The molecule has 0 amide bonds. The number of carbonyl (C=O) groups excluding carboxylic acids is 2. The number of hydrogen-bond donors (Lipinski definition) is 0. The molecule has 0 aliphatic heterocycles. The Bertz CT molecular complexity index is 401. The van der Waals surface area contributed by atoms with Gasteiger partial charge in [-0.3, -0.25) is 4.79 Å². The molecule has 0 fully saturated rings. The van der Waals surface area contributed by atoms with Gasteiger partial charge in [0.25, 0.3) is 0 Å². The van der Waals surface area contributed by atoms with E-state index in [0.29, 0.717) is 17.5 Å². The first kappa shape index (κ1) is 12.9. The molecule has 0 radical (unpaired) electrons. The number of ether oxygens (including phenoxy) is 1. The summed E-state index contributed by atoms with van der Waals surface area (Å²) in [6.45, 7) is 1.90. The van der Waals surface area contributed by atoms with Gasteiger partial charge in [0.1, 0.15) is 0 Å². The monoisotopic (exact) mass is 284 g/mol. The van der Waals surface area contributed by atoms with Crippen LogP contribution in [0.1, 0.15) is 34.1 Å². The zero-order valence-electron chi connectivity index (χ0n) is 9.20. The minimum Gasteiger partial charge on any atom is -0.465 e. The minimum atomic E-state index is -0.486. The third-order valence-corrected chi connectivity index (χ3v) is 3.30. The molecule has 0 aliphatic carbocycles. The number of methoxy groups -OCH3 is 1. The van der Waals surface area contributed by atoms with Crippen molar-refractivity contribution in [3.63, 3.8) is 0 Å². The Kier molecular flexibility index (Phi) is 4.68. The second-order valence-corrected chi connectivity index (χ2v) is 4.38. The van der Waals surface area contributed by atoms with E-state index in [1.165, 1.54) is 7.11 Å². The number of esters is 1. The van der Waals surface area contributed by atoms with Crippen LogP contribution in [0.5, 0.6) is 0 Å². The molecular weight excluding hydrogens is 272 g/mol. The molecule has 0 bridgehead atoms. The maximum atomic E-state index is 12.0. The molecule has 0 aliphatic rings. The van der Waals surface area contributed by atoms with Crippen LogP contribution in [-0.4, -0.2) is 23.7 Å². The Morgan fingerprint density at radius 2 is 1.88 bits per heavy atom. The van der Waals surface area contributed by atoms with Gasteiger partial charge >= 0.3 is 5.97 Å². The van der Waals surface area contributed by atoms with Crippen molar-refractivity contribution in [2.75, 3.05) is 7.11 Å². The van der Waals surface area contributed by atoms with Crippen LogP contribution in [0, 0.1) is 0 Å². The molecule has 0 aromatic heterocycles. The molecule has 86 valence electrons. The number of halogens is 1. The summed E-state index contributed by atoms with van der Waals surface area (Å²) in [4.78, 5) is 23.2. The van der Waals surface area contributed by atoms with Crippen molar-refractivity contribution >= 4 is 27.7 Å². The molecule has 1 atom stereocenters. The fourth-order valence-corrected chi connectivity index (χ4v) is 1.59. The molecule has 0 spiro atoms. The Balaban J connectivity index is 3.13. The highest BCUT2D eigenvalue weighted by Crippen LogP contribution is 2.17. The van der Waals surface area contributed by atoms with Gasteiger partial charge in [-0.05, 0) is 12.5 Å². The second kappa shape index (κ2) is 5.80. The quantitative estimate of drug-likeness (QED) is 0.485. The standard InChI is InChI=1S/C12H13BrO3/c1-3-10(13)11(14)8-6-4-5-7-9(8)12(15)16-2/h4-7,10H,3H2,1-2H3. The second-order valence-electron chi connectivity index (χ2n) is 3.28. The van der Waals surface area contributed by atoms with Crippen molar-refractivity contribution in [1.29, 1.82) is 0 Å². The first-order valence-corrected chi connectivity index (χ1v) is 5.89. The number of Topliss-reactive ketones (excluding diaryl/α,β-unsaturated/α-hetero) is 1. The van der Waals surface area contributed by atoms with Crippen molar-refractivity contribution in [2.24, 2.45) is 0 Å². The molecule has 0 saturated carbocycles. The van der Waals surface area contributed by atoms with Gasteiger partial charge in [-0.1, -0.05) is 41.1 Å². The van der Waals surface area contributed by atoms with Crippen LogP contribution in [0.15, 0.2) is 24.3 Å². The van der Waals surface area contributed by atoms with E-state index < -0.39 is 5.97 Å². The van der Waals surface area contributed by atoms with Crippen LogP contribution in [0.4, 0.5) is 0 Å². The highest BCUT2D eigenvalue weighted by atomic mass is 79.9. The predicted molar refractivity (Wildman–Crippen MR) is 65.1 cm³/mol. The molecule has 0 N–H and O–H groups in total. The van der Waals surface area contributed by atoms with Crippen molar-refractivity contribution in [1.82, 2.24) is 0 Å². The van der Waals surface area contributed by atoms with E-state index in [1.54, 1.807) is 24.3 Å². The van der Waals surface area contributed by atoms with Crippen LogP contribution < -0.4 is 0 Å². The van der Waals surface area contributed by atoms with Crippen molar-refractivity contribution in [3.8, 4) is 0 Å². The van der Waals surface area contributed by atoms with E-state index in [1.807, 2.05) is 6.92 Å². The van der Waals surface area contributed by atoms with E-state index in [-0.39, 0.29) is 10.6 Å². The summed E-state index contributed by atoms with van der Waals surface area (Å²) in [5.41, 5.74) is 0.714. The summed E-state index contributed by atoms with van der Waals surface area (Å²) in [7, 11) is 1.30. The molecule has 16 heavy (non-hydrogen) atoms. The lowest BCUT2D eigenvalue weighted by Crippen LogP contribution is -2.17. The van der Waals surface area contributed by atoms with Crippen LogP contribution >= 0.6 is 15.9 Å². The lowest BCUT2D eigenvalue weighted by Gasteiger charge is -2.09. The highest BCUT2D eigenvalue weighted by molar-refractivity contribution is 9.10. The average molecular weight is 285 g/mol. The Hall–Kier alpha value is -1.16. The lowest BCUT2D eigenvalue weighted by atomic mass is 10.0. The predicted octanol–water partition coefficient (Wildman–Crippen LogP) is 2.83. The number of alkyl halides is 1. The van der Waals surface area contributed by atoms with Crippen LogP contribution in [-0.2, 0) is 4.74 Å². The van der Waals surface area contributed by atoms with Gasteiger partial charge in [-0.15, -0.1) is 0 Å². The van der Waals surface area contributed by atoms with Crippen molar-refractivity contribution in [2.45, 2.75) is 18.2 Å². The van der Waals surface area contributed by atoms with Crippen molar-refractivity contribution in [3.05, 3.63) is 35.4 Å². The first-order valence-electron chi connectivity index (χ1n) is 4.97. The molecule has 1 unspecified atom stereocenters. The average Bonchev–Trinajstić information content (AvgIpc) is 2.35. The first-order chi connectivity index (χ1) is 7.61. The molecular formula is C12H13BrO3. The van der Waals surface area contributed by atoms with Gasteiger partial charge in [0.2, 0.25) is 0 Å². The topological polar surface area (TPSA) is 43.4 Å². The Labute approximate surface area is 103 Å². The summed E-state index contributed by atoms with van der Waals surface area (Å²) < 4.78 is 4.63. The summed E-state index contributed by atoms with van der Waals surface area (Å²) >= 11 is 3.28. The highest BCUT2D eigenvalue weighted by Gasteiger charge is 2.21. The van der Waals surface area contributed by atoms with Gasteiger partial charge in [0.15, 0.2) is 5.78 Å². The summed E-state index contributed by atoms with van der Waals surface area (Å²) in [6, 6.07) is 6.67. The van der Waals surface area contributed by atoms with E-state index in [4.69, 9.17) is 0 Å². The number of hydrogen-bond acceptors (Lipinski definition) is 3. The Morgan fingerprint density at radius 1 is 1.31 bits per heavy atom. The zero-order chi connectivity index (χ0) is 12.1. The molecule has 0 heterocycles. The maximum Gasteiger partial charge on any atom is 0.338 e. The molecule has 0 saturated heterocycles. The zero-order valence-corrected chi connectivity index (χ0v) is 10.8. The van der Waals surface area contributed by atoms with Gasteiger partial charge in [-0.2, -0.15) is 0 Å². The maximum absolute atomic E-state index is 12.0. The Morgan fingerprint density at radius 3 is 2.38 bits per heavy atom. The third-order valence-electron chi connectivity index (χ3n) is 2.24. The van der Waals surface area contributed by atoms with Gasteiger partial charge < -0.3 is 4.74 Å². The fourth-order valence-electron chi connectivity index (χ4n) is 1.34. The summed E-state index contributed by atoms with van der Waals surface area (Å²) in [5, 5.41) is 0. The van der Waals surface area contributed by atoms with Crippen LogP contribution in [0.3, 0.4) is 0 Å². The van der Waals surface area contributed by atoms with E-state index >= 15 is 0 Å². The van der Waals surface area contributed by atoms with Crippen molar-refractivity contribution < 1.29 is 14.3 Å². The SMILES string of the molecule is CCC(Br)C(=O)c1ccccc1C(=O)OC. The summed E-state index contributed by atoms with van der Waals surface area (Å²) in [5.74, 6) is -0.580.